The lowest BCUT2D eigenvalue weighted by molar-refractivity contribution is 0.0601. The van der Waals surface area contributed by atoms with Gasteiger partial charge >= 0.3 is 5.97 Å². The highest BCUT2D eigenvalue weighted by Crippen LogP contribution is 2.38. The molecule has 0 saturated carbocycles. The Kier molecular flexibility index (Phi) is 5.91. The molecule has 0 spiro atoms. The fraction of sp³-hybridized carbons (Fsp3) is 0.167. The standard InChI is InChI=1S/C30H26N4O2/c1-19-11-5-6-12-21(19)17-23-20(2)24(18-31)28-32-25-14-8-10-16-27(25)34(28)29(23)33(3)26-15-9-7-13-22(26)30(35)36-4/h5-16H,17H2,1-4H3. The number of nitrogens with zero attached hydrogens (tertiary/aromatic N) is 4. The van der Waals surface area contributed by atoms with E-state index in [1.54, 1.807) is 6.07 Å². The summed E-state index contributed by atoms with van der Waals surface area (Å²) in [5.74, 6) is 0.449. The zero-order chi connectivity index (χ0) is 25.4. The predicted octanol–water partition coefficient (Wildman–Crippen LogP) is 6.12. The van der Waals surface area contributed by atoms with E-state index in [2.05, 4.69) is 25.1 Å². The molecule has 6 heteroatoms. The van der Waals surface area contributed by atoms with Crippen molar-refractivity contribution in [3.63, 3.8) is 0 Å². The first-order valence-electron chi connectivity index (χ1n) is 11.7. The van der Waals surface area contributed by atoms with Crippen LogP contribution in [0.2, 0.25) is 0 Å². The zero-order valence-corrected chi connectivity index (χ0v) is 20.7. The highest BCUT2D eigenvalue weighted by Gasteiger charge is 2.26. The highest BCUT2D eigenvalue weighted by atomic mass is 16.5. The summed E-state index contributed by atoms with van der Waals surface area (Å²) in [5, 5.41) is 10.2. The molecule has 0 aliphatic rings. The molecule has 5 aromatic rings. The molecule has 3 aromatic carbocycles. The van der Waals surface area contributed by atoms with Crippen LogP contribution >= 0.6 is 0 Å². The van der Waals surface area contributed by atoms with Crippen molar-refractivity contribution in [3.8, 4) is 6.07 Å². The van der Waals surface area contributed by atoms with Crippen LogP contribution in [0.4, 0.5) is 11.5 Å². The van der Waals surface area contributed by atoms with Gasteiger partial charge in [-0.2, -0.15) is 5.26 Å². The molecule has 0 radical (unpaired) electrons. The van der Waals surface area contributed by atoms with Crippen LogP contribution in [0.25, 0.3) is 16.7 Å². The number of aryl methyl sites for hydroxylation is 1. The molecule has 0 bridgehead atoms. The third-order valence-electron chi connectivity index (χ3n) is 6.82. The molecule has 0 unspecified atom stereocenters. The first-order valence-corrected chi connectivity index (χ1v) is 11.7. The van der Waals surface area contributed by atoms with E-state index in [1.165, 1.54) is 18.2 Å². The summed E-state index contributed by atoms with van der Waals surface area (Å²) < 4.78 is 7.12. The number of rotatable bonds is 5. The van der Waals surface area contributed by atoms with Gasteiger partial charge in [-0.3, -0.25) is 4.40 Å². The van der Waals surface area contributed by atoms with Crippen molar-refractivity contribution in [2.24, 2.45) is 0 Å². The number of carbonyl (C=O) groups excluding carboxylic acids is 1. The number of ether oxygens (including phenoxy) is 1. The molecule has 0 amide bonds. The number of imidazole rings is 1. The molecule has 178 valence electrons. The molecule has 0 saturated heterocycles. The van der Waals surface area contributed by atoms with E-state index < -0.39 is 5.97 Å². The second-order valence-electron chi connectivity index (χ2n) is 8.84. The maximum absolute atomic E-state index is 12.7. The van der Waals surface area contributed by atoms with Crippen LogP contribution in [0.3, 0.4) is 0 Å². The SMILES string of the molecule is COC(=O)c1ccccc1N(C)c1c(Cc2ccccc2C)c(C)c(C#N)c2nc3ccccc3n12. The maximum Gasteiger partial charge on any atom is 0.339 e. The van der Waals surface area contributed by atoms with Crippen LogP contribution in [0.15, 0.2) is 72.8 Å². The smallest absolute Gasteiger partial charge is 0.339 e. The van der Waals surface area contributed by atoms with Crippen LogP contribution in [0.1, 0.15) is 38.2 Å². The van der Waals surface area contributed by atoms with Crippen molar-refractivity contribution in [2.45, 2.75) is 20.3 Å². The Balaban J connectivity index is 1.90. The van der Waals surface area contributed by atoms with E-state index in [-0.39, 0.29) is 0 Å². The Morgan fingerprint density at radius 1 is 1.03 bits per heavy atom. The number of methoxy groups -OCH3 is 1. The van der Waals surface area contributed by atoms with Crippen molar-refractivity contribution >= 4 is 34.2 Å². The van der Waals surface area contributed by atoms with Crippen LogP contribution < -0.4 is 4.90 Å². The number of benzene rings is 3. The minimum atomic E-state index is -0.407. The Labute approximate surface area is 210 Å². The molecule has 0 aliphatic carbocycles. The average molecular weight is 475 g/mol. The topological polar surface area (TPSA) is 70.6 Å². The zero-order valence-electron chi connectivity index (χ0n) is 20.7. The third-order valence-corrected chi connectivity index (χ3v) is 6.82. The number of hydrogen-bond acceptors (Lipinski definition) is 5. The van der Waals surface area contributed by atoms with E-state index in [4.69, 9.17) is 9.72 Å². The fourth-order valence-electron chi connectivity index (χ4n) is 4.89. The number of para-hydroxylation sites is 3. The first-order chi connectivity index (χ1) is 17.5. The summed E-state index contributed by atoms with van der Waals surface area (Å²) in [6.45, 7) is 4.08. The van der Waals surface area contributed by atoms with Gasteiger partial charge in [0.2, 0.25) is 0 Å². The molecule has 5 rings (SSSR count). The predicted molar refractivity (Wildman–Crippen MR) is 142 cm³/mol. The molecule has 2 aromatic heterocycles. The lowest BCUT2D eigenvalue weighted by Crippen LogP contribution is -2.21. The van der Waals surface area contributed by atoms with Crippen molar-refractivity contribution in [1.29, 1.82) is 5.26 Å². The van der Waals surface area contributed by atoms with Gasteiger partial charge in [0.15, 0.2) is 5.65 Å². The first kappa shape index (κ1) is 23.1. The van der Waals surface area contributed by atoms with Gasteiger partial charge in [-0.15, -0.1) is 0 Å². The lowest BCUT2D eigenvalue weighted by atomic mass is 9.95. The Morgan fingerprint density at radius 3 is 2.47 bits per heavy atom. The normalized spacial score (nSPS) is 11.0. The van der Waals surface area contributed by atoms with Crippen LogP contribution in [0, 0.1) is 25.2 Å². The second kappa shape index (κ2) is 9.20. The van der Waals surface area contributed by atoms with E-state index >= 15 is 0 Å². The third kappa shape index (κ3) is 3.66. The number of aromatic nitrogens is 2. The van der Waals surface area contributed by atoms with Crippen molar-refractivity contribution < 1.29 is 9.53 Å². The molecule has 0 aliphatic heterocycles. The number of hydrogen-bond donors (Lipinski definition) is 0. The Hall–Kier alpha value is -4.63. The van der Waals surface area contributed by atoms with E-state index in [0.29, 0.717) is 28.9 Å². The monoisotopic (exact) mass is 474 g/mol. The van der Waals surface area contributed by atoms with Gasteiger partial charge < -0.3 is 9.64 Å². The van der Waals surface area contributed by atoms with E-state index in [1.807, 2.05) is 77.9 Å². The molecule has 6 nitrogen and oxygen atoms in total. The average Bonchev–Trinajstić information content (AvgIpc) is 3.28. The quantitative estimate of drug-likeness (QED) is 0.287. The molecule has 0 fully saturated rings. The molecule has 2 heterocycles. The summed E-state index contributed by atoms with van der Waals surface area (Å²) in [7, 11) is 3.33. The summed E-state index contributed by atoms with van der Waals surface area (Å²) >= 11 is 0. The van der Waals surface area contributed by atoms with Crippen LogP contribution in [-0.4, -0.2) is 29.5 Å². The fourth-order valence-corrected chi connectivity index (χ4v) is 4.89. The van der Waals surface area contributed by atoms with Crippen molar-refractivity contribution in [2.75, 3.05) is 19.1 Å². The van der Waals surface area contributed by atoms with Gasteiger partial charge in [-0.1, -0.05) is 48.5 Å². The molecular weight excluding hydrogens is 448 g/mol. The van der Waals surface area contributed by atoms with Crippen molar-refractivity contribution in [3.05, 3.63) is 106 Å². The number of esters is 1. The van der Waals surface area contributed by atoms with E-state index in [0.717, 1.165) is 28.0 Å². The van der Waals surface area contributed by atoms with Gasteiger partial charge in [-0.05, 0) is 54.8 Å². The summed E-state index contributed by atoms with van der Waals surface area (Å²) in [5.41, 5.74) is 8.24. The lowest BCUT2D eigenvalue weighted by Gasteiger charge is -2.28. The Morgan fingerprint density at radius 2 is 1.72 bits per heavy atom. The van der Waals surface area contributed by atoms with Gasteiger partial charge in [0.05, 0.1) is 35.0 Å². The summed E-state index contributed by atoms with van der Waals surface area (Å²) in [4.78, 5) is 19.5. The number of fused-ring (bicyclic) bond motifs is 3. The maximum atomic E-state index is 12.7. The summed E-state index contributed by atoms with van der Waals surface area (Å²) in [6, 6.07) is 25.9. The van der Waals surface area contributed by atoms with Crippen molar-refractivity contribution in [1.82, 2.24) is 9.38 Å². The highest BCUT2D eigenvalue weighted by molar-refractivity contribution is 5.97. The van der Waals surface area contributed by atoms with Crippen LogP contribution in [0.5, 0.6) is 0 Å². The Bertz CT molecular complexity index is 1680. The number of anilines is 2. The second-order valence-corrected chi connectivity index (χ2v) is 8.84. The molecule has 36 heavy (non-hydrogen) atoms. The van der Waals surface area contributed by atoms with Gasteiger partial charge in [0.25, 0.3) is 0 Å². The largest absolute Gasteiger partial charge is 0.465 e. The van der Waals surface area contributed by atoms with Gasteiger partial charge in [0.1, 0.15) is 11.9 Å². The van der Waals surface area contributed by atoms with Crippen LogP contribution in [-0.2, 0) is 11.2 Å². The summed E-state index contributed by atoms with van der Waals surface area (Å²) in [6.07, 6.45) is 0.621. The number of nitriles is 1. The minimum absolute atomic E-state index is 0.407. The number of carbonyl (C=O) groups is 1. The molecular formula is C30H26N4O2. The molecule has 0 N–H and O–H groups in total. The molecule has 0 atom stereocenters. The van der Waals surface area contributed by atoms with Gasteiger partial charge in [0, 0.05) is 19.0 Å². The van der Waals surface area contributed by atoms with Gasteiger partial charge in [-0.25, -0.2) is 9.78 Å². The minimum Gasteiger partial charge on any atom is -0.465 e. The van der Waals surface area contributed by atoms with E-state index in [9.17, 15) is 10.1 Å². The number of pyridine rings is 1.